The Morgan fingerprint density at radius 3 is 0.963 bits per heavy atom. The van der Waals surface area contributed by atoms with Crippen molar-refractivity contribution in [1.82, 2.24) is 44.3 Å². The smallest absolute Gasteiger partial charge is 0.188 e. The van der Waals surface area contributed by atoms with Gasteiger partial charge >= 0.3 is 0 Å². The summed E-state index contributed by atoms with van der Waals surface area (Å²) in [6.07, 6.45) is 0. The van der Waals surface area contributed by atoms with Crippen molar-refractivity contribution in [3.63, 3.8) is 0 Å². The molecule has 1 aromatic carbocycles. The number of hydrogen-bond acceptors (Lipinski definition) is 9. The Morgan fingerprint density at radius 2 is 0.778 bits per heavy atom. The fraction of sp³-hybridized carbons (Fsp3) is 0.200. The predicted molar refractivity (Wildman–Crippen MR) is 108 cm³/mol. The molecule has 138 valence electrons. The average molecular weight is 418 g/mol. The van der Waals surface area contributed by atoms with Gasteiger partial charge in [-0.1, -0.05) is 0 Å². The van der Waals surface area contributed by atoms with Crippen molar-refractivity contribution >= 4 is 37.9 Å². The topological polar surface area (TPSA) is 92.1 Å². The molecule has 0 saturated heterocycles. The molecule has 3 heterocycles. The van der Waals surface area contributed by atoms with Gasteiger partial charge in [-0.2, -0.15) is 0 Å². The first kappa shape index (κ1) is 18.1. The van der Waals surface area contributed by atoms with Gasteiger partial charge in [-0.15, -0.1) is 68.5 Å². The molecule has 0 N–H and O–H groups in total. The minimum atomic E-state index is 0.518. The predicted octanol–water partition coefficient (Wildman–Crippen LogP) is 1.94. The van der Waals surface area contributed by atoms with E-state index >= 15 is 0 Å². The van der Waals surface area contributed by atoms with E-state index in [4.69, 9.17) is 0 Å². The lowest BCUT2D eigenvalue weighted by Crippen LogP contribution is -1.99. The molecule has 0 bridgehead atoms. The quantitative estimate of drug-likeness (QED) is 0.441. The van der Waals surface area contributed by atoms with E-state index in [9.17, 15) is 0 Å². The van der Waals surface area contributed by atoms with Gasteiger partial charge in [-0.25, -0.2) is 0 Å². The first-order valence-electron chi connectivity index (χ1n) is 7.78. The lowest BCUT2D eigenvalue weighted by Gasteiger charge is -2.10. The Kier molecular flexibility index (Phi) is 4.48. The monoisotopic (exact) mass is 417 g/mol. The molecule has 9 nitrogen and oxygen atoms in total. The molecule has 4 aromatic rings. The van der Waals surface area contributed by atoms with Crippen LogP contribution in [0, 0.1) is 0 Å². The Hall–Kier alpha value is -2.31. The molecular formula is C15H15N9S3. The molecule has 0 fully saturated rings. The maximum Gasteiger partial charge on any atom is 0.188 e. The van der Waals surface area contributed by atoms with E-state index in [1.54, 1.807) is 13.7 Å². The fourth-order valence-electron chi connectivity index (χ4n) is 2.73. The number of nitrogens with zero attached hydrogens (tertiary/aromatic N) is 9. The summed E-state index contributed by atoms with van der Waals surface area (Å²) < 4.78 is 5.40. The normalized spacial score (nSPS) is 11.3. The van der Waals surface area contributed by atoms with Crippen LogP contribution in [-0.4, -0.2) is 44.3 Å². The standard InChI is InChI=1S/C15H15N9S3/c1-22-10(16-19-13(22)25)7-4-8(11-17-20-14(26)23(11)2)6-9(5-7)12-18-21-15(27)24(12)3/h4-6H,1-3H3,(H,19,25)(H,20,26)(H,21,27). The van der Waals surface area contributed by atoms with Crippen LogP contribution in [0.4, 0.5) is 0 Å². The molecule has 12 heteroatoms. The minimum Gasteiger partial charge on any atom is -0.305 e. The van der Waals surface area contributed by atoms with E-state index in [1.165, 1.54) is 0 Å². The Labute approximate surface area is 171 Å². The number of aromatic nitrogens is 9. The van der Waals surface area contributed by atoms with Gasteiger partial charge in [0.05, 0.1) is 0 Å². The lowest BCUT2D eigenvalue weighted by molar-refractivity contribution is 0.795. The van der Waals surface area contributed by atoms with Gasteiger partial charge in [0.15, 0.2) is 32.9 Å². The Balaban J connectivity index is 1.98. The van der Waals surface area contributed by atoms with Crippen molar-refractivity contribution in [3.8, 4) is 34.2 Å². The van der Waals surface area contributed by atoms with Gasteiger partial charge in [-0.05, 0) is 18.2 Å². The van der Waals surface area contributed by atoms with Crippen LogP contribution in [-0.2, 0) is 21.1 Å². The largest absolute Gasteiger partial charge is 0.305 e. The number of rotatable bonds is 3. The first-order valence-corrected chi connectivity index (χ1v) is 9.12. The van der Waals surface area contributed by atoms with Crippen molar-refractivity contribution in [3.05, 3.63) is 18.2 Å². The third-order valence-electron chi connectivity index (χ3n) is 4.26. The molecule has 0 aliphatic heterocycles. The molecule has 0 aliphatic rings. The summed E-state index contributed by atoms with van der Waals surface area (Å²) in [5.41, 5.74) is 2.51. The molecule has 3 aromatic heterocycles. The van der Waals surface area contributed by atoms with E-state index in [-0.39, 0.29) is 0 Å². The van der Waals surface area contributed by atoms with Gasteiger partial charge in [0.1, 0.15) is 0 Å². The highest BCUT2D eigenvalue weighted by molar-refractivity contribution is 7.80. The van der Waals surface area contributed by atoms with Crippen LogP contribution in [0.1, 0.15) is 0 Å². The van der Waals surface area contributed by atoms with Crippen LogP contribution in [0.5, 0.6) is 0 Å². The highest BCUT2D eigenvalue weighted by Crippen LogP contribution is 2.31. The summed E-state index contributed by atoms with van der Waals surface area (Å²) in [6, 6.07) is 5.90. The summed E-state index contributed by atoms with van der Waals surface area (Å²) in [4.78, 5) is 0. The molecule has 0 unspecified atom stereocenters. The van der Waals surface area contributed by atoms with Crippen LogP contribution in [0.15, 0.2) is 33.7 Å². The minimum absolute atomic E-state index is 0.518. The van der Waals surface area contributed by atoms with E-state index in [0.29, 0.717) is 32.9 Å². The number of benzene rings is 1. The second-order valence-electron chi connectivity index (χ2n) is 5.95. The molecule has 0 atom stereocenters. The zero-order valence-corrected chi connectivity index (χ0v) is 17.3. The van der Waals surface area contributed by atoms with Crippen molar-refractivity contribution < 1.29 is 0 Å². The Bertz CT molecular complexity index is 1000. The molecule has 0 amide bonds. The SMILES string of the molecule is Cn1c(S)nnc1-c1cc(-c2nnc(S)n2C)cc(-c2nnc(S)n2C)c1. The van der Waals surface area contributed by atoms with Crippen LogP contribution in [0.3, 0.4) is 0 Å². The molecule has 0 saturated carbocycles. The third-order valence-corrected chi connectivity index (χ3v) is 5.43. The summed E-state index contributed by atoms with van der Waals surface area (Å²) in [5, 5.41) is 26.3. The lowest BCUT2D eigenvalue weighted by atomic mass is 10.0. The van der Waals surface area contributed by atoms with Crippen molar-refractivity contribution in [1.29, 1.82) is 0 Å². The summed E-state index contributed by atoms with van der Waals surface area (Å²) in [7, 11) is 5.56. The van der Waals surface area contributed by atoms with Crippen LogP contribution >= 0.6 is 37.9 Å². The van der Waals surface area contributed by atoms with Crippen molar-refractivity contribution in [2.75, 3.05) is 0 Å². The van der Waals surface area contributed by atoms with Gasteiger partial charge in [-0.3, -0.25) is 0 Å². The zero-order chi connectivity index (χ0) is 19.3. The second kappa shape index (κ2) is 6.69. The molecular weight excluding hydrogens is 402 g/mol. The molecule has 4 rings (SSSR count). The van der Waals surface area contributed by atoms with E-state index in [0.717, 1.165) is 16.7 Å². The van der Waals surface area contributed by atoms with Gasteiger partial charge in [0.2, 0.25) is 0 Å². The highest BCUT2D eigenvalue weighted by Gasteiger charge is 2.18. The molecule has 0 aliphatic carbocycles. The van der Waals surface area contributed by atoms with Crippen LogP contribution in [0.2, 0.25) is 0 Å². The molecule has 0 radical (unpaired) electrons. The van der Waals surface area contributed by atoms with Gasteiger partial charge in [0, 0.05) is 37.8 Å². The molecule has 0 spiro atoms. The van der Waals surface area contributed by atoms with Crippen molar-refractivity contribution in [2.45, 2.75) is 15.5 Å². The average Bonchev–Trinajstić information content (AvgIpc) is 3.28. The number of hydrogen-bond donors (Lipinski definition) is 3. The summed E-state index contributed by atoms with van der Waals surface area (Å²) in [6.45, 7) is 0. The van der Waals surface area contributed by atoms with Crippen molar-refractivity contribution in [2.24, 2.45) is 21.1 Å². The zero-order valence-electron chi connectivity index (χ0n) is 14.6. The van der Waals surface area contributed by atoms with Gasteiger partial charge in [0.25, 0.3) is 0 Å². The Morgan fingerprint density at radius 1 is 0.519 bits per heavy atom. The second-order valence-corrected chi connectivity index (χ2v) is 7.15. The van der Waals surface area contributed by atoms with Gasteiger partial charge < -0.3 is 13.7 Å². The fourth-order valence-corrected chi connectivity index (χ4v) is 3.15. The maximum absolute atomic E-state index is 4.32. The maximum atomic E-state index is 4.32. The highest BCUT2D eigenvalue weighted by atomic mass is 32.1. The molecule has 27 heavy (non-hydrogen) atoms. The summed E-state index contributed by atoms with van der Waals surface area (Å²) in [5.74, 6) is 2.01. The number of thiol groups is 3. The third kappa shape index (κ3) is 3.03. The van der Waals surface area contributed by atoms with Crippen LogP contribution < -0.4 is 0 Å². The summed E-state index contributed by atoms with van der Waals surface area (Å²) >= 11 is 12.9. The van der Waals surface area contributed by atoms with E-state index in [2.05, 4.69) is 68.5 Å². The van der Waals surface area contributed by atoms with E-state index < -0.39 is 0 Å². The first-order chi connectivity index (χ1) is 12.9. The van der Waals surface area contributed by atoms with Crippen LogP contribution in [0.25, 0.3) is 34.2 Å². The van der Waals surface area contributed by atoms with E-state index in [1.807, 2.05) is 39.3 Å².